The third kappa shape index (κ3) is 4.22. The fourth-order valence-corrected chi connectivity index (χ4v) is 2.52. The lowest BCUT2D eigenvalue weighted by Gasteiger charge is -2.40. The Bertz CT molecular complexity index is 545. The lowest BCUT2D eigenvalue weighted by Crippen LogP contribution is -2.60. The van der Waals surface area contributed by atoms with Crippen molar-refractivity contribution >= 4 is 12.1 Å². The number of piperidine rings is 1. The first kappa shape index (κ1) is 17.3. The van der Waals surface area contributed by atoms with E-state index < -0.39 is 17.8 Å². The standard InChI is InChI=1S/C17H23NO5/c1-13(2)23-16(20)18-11-7-6-10-17(18,21)15(19)22-12-14-8-4-3-5-9-14/h3-5,8-9,13,21H,6-7,10-12H2,1-2H3. The number of ether oxygens (including phenoxy) is 2. The van der Waals surface area contributed by atoms with Gasteiger partial charge >= 0.3 is 12.1 Å². The van der Waals surface area contributed by atoms with E-state index >= 15 is 0 Å². The second-order valence-corrected chi connectivity index (χ2v) is 5.92. The van der Waals surface area contributed by atoms with Crippen LogP contribution in [0.25, 0.3) is 0 Å². The van der Waals surface area contributed by atoms with Crippen LogP contribution in [0.4, 0.5) is 4.79 Å². The van der Waals surface area contributed by atoms with Gasteiger partial charge < -0.3 is 14.6 Å². The molecule has 2 rings (SSSR count). The fraction of sp³-hybridized carbons (Fsp3) is 0.529. The number of nitrogens with zero attached hydrogens (tertiary/aromatic N) is 1. The van der Waals surface area contributed by atoms with Crippen LogP contribution in [0.5, 0.6) is 0 Å². The maximum atomic E-state index is 12.4. The molecular weight excluding hydrogens is 298 g/mol. The Hall–Kier alpha value is -2.08. The summed E-state index contributed by atoms with van der Waals surface area (Å²) in [6.07, 6.45) is 0.477. The number of rotatable bonds is 4. The van der Waals surface area contributed by atoms with E-state index in [1.54, 1.807) is 13.8 Å². The Morgan fingerprint density at radius 3 is 2.61 bits per heavy atom. The van der Waals surface area contributed by atoms with Gasteiger partial charge in [-0.2, -0.15) is 0 Å². The molecule has 1 heterocycles. The molecule has 1 unspecified atom stereocenters. The van der Waals surface area contributed by atoms with Gasteiger partial charge in [0.25, 0.3) is 0 Å². The Morgan fingerprint density at radius 2 is 1.96 bits per heavy atom. The number of hydrogen-bond acceptors (Lipinski definition) is 5. The van der Waals surface area contributed by atoms with Crippen molar-refractivity contribution in [3.63, 3.8) is 0 Å². The van der Waals surface area contributed by atoms with Crippen LogP contribution in [-0.2, 0) is 20.9 Å². The van der Waals surface area contributed by atoms with Gasteiger partial charge in [-0.05, 0) is 32.3 Å². The molecular formula is C17H23NO5. The summed E-state index contributed by atoms with van der Waals surface area (Å²) in [7, 11) is 0. The van der Waals surface area contributed by atoms with E-state index in [2.05, 4.69) is 0 Å². The minimum absolute atomic E-state index is 0.0506. The SMILES string of the molecule is CC(C)OC(=O)N1CCCCC1(O)C(=O)OCc1ccccc1. The average molecular weight is 321 g/mol. The molecule has 1 atom stereocenters. The van der Waals surface area contributed by atoms with Crippen LogP contribution in [0.2, 0.25) is 0 Å². The maximum Gasteiger partial charge on any atom is 0.412 e. The van der Waals surface area contributed by atoms with Crippen molar-refractivity contribution < 1.29 is 24.2 Å². The molecule has 1 aromatic carbocycles. The third-order valence-corrected chi connectivity index (χ3v) is 3.70. The number of carbonyl (C=O) groups is 2. The zero-order valence-electron chi connectivity index (χ0n) is 13.5. The maximum absolute atomic E-state index is 12.4. The molecule has 0 saturated carbocycles. The highest BCUT2D eigenvalue weighted by Gasteiger charge is 2.48. The quantitative estimate of drug-likeness (QED) is 0.862. The second-order valence-electron chi connectivity index (χ2n) is 5.92. The highest BCUT2D eigenvalue weighted by atomic mass is 16.6. The van der Waals surface area contributed by atoms with Crippen LogP contribution in [0.15, 0.2) is 30.3 Å². The van der Waals surface area contributed by atoms with Crippen LogP contribution in [0.1, 0.15) is 38.7 Å². The van der Waals surface area contributed by atoms with Crippen molar-refractivity contribution in [1.29, 1.82) is 0 Å². The van der Waals surface area contributed by atoms with E-state index in [1.165, 1.54) is 0 Å². The molecule has 0 spiro atoms. The number of esters is 1. The molecule has 6 nitrogen and oxygen atoms in total. The number of amides is 1. The van der Waals surface area contributed by atoms with Gasteiger partial charge in [-0.25, -0.2) is 9.59 Å². The Labute approximate surface area is 136 Å². The zero-order valence-corrected chi connectivity index (χ0v) is 13.5. The molecule has 1 aliphatic heterocycles. The van der Waals surface area contributed by atoms with Gasteiger partial charge in [-0.3, -0.25) is 4.90 Å². The van der Waals surface area contributed by atoms with Gasteiger partial charge in [0.1, 0.15) is 6.61 Å². The van der Waals surface area contributed by atoms with Gasteiger partial charge in [-0.15, -0.1) is 0 Å². The molecule has 1 aromatic rings. The van der Waals surface area contributed by atoms with Crippen molar-refractivity contribution in [2.75, 3.05) is 6.54 Å². The number of hydrogen-bond donors (Lipinski definition) is 1. The summed E-state index contributed by atoms with van der Waals surface area (Å²) < 4.78 is 10.3. The third-order valence-electron chi connectivity index (χ3n) is 3.70. The van der Waals surface area contributed by atoms with E-state index in [1.807, 2.05) is 30.3 Å². The summed E-state index contributed by atoms with van der Waals surface area (Å²) in [5.41, 5.74) is -1.14. The molecule has 1 fully saturated rings. The topological polar surface area (TPSA) is 76.1 Å². The van der Waals surface area contributed by atoms with Gasteiger partial charge in [0.15, 0.2) is 0 Å². The van der Waals surface area contributed by atoms with Crippen molar-refractivity contribution in [2.45, 2.75) is 51.5 Å². The number of carbonyl (C=O) groups excluding carboxylic acids is 2. The Balaban J connectivity index is 2.05. The normalized spacial score (nSPS) is 21.1. The van der Waals surface area contributed by atoms with E-state index in [0.717, 1.165) is 10.5 Å². The summed E-state index contributed by atoms with van der Waals surface area (Å²) in [5, 5.41) is 10.7. The lowest BCUT2D eigenvalue weighted by molar-refractivity contribution is -0.193. The molecule has 126 valence electrons. The van der Waals surface area contributed by atoms with Gasteiger partial charge in [0, 0.05) is 13.0 Å². The highest BCUT2D eigenvalue weighted by Crippen LogP contribution is 2.28. The van der Waals surface area contributed by atoms with Crippen LogP contribution < -0.4 is 0 Å². The molecule has 1 amide bonds. The minimum Gasteiger partial charge on any atom is -0.457 e. The first-order valence-electron chi connectivity index (χ1n) is 7.85. The summed E-state index contributed by atoms with van der Waals surface area (Å²) >= 11 is 0. The van der Waals surface area contributed by atoms with E-state index in [-0.39, 0.29) is 25.7 Å². The molecule has 1 aliphatic rings. The smallest absolute Gasteiger partial charge is 0.412 e. The van der Waals surface area contributed by atoms with Gasteiger partial charge in [0.2, 0.25) is 5.72 Å². The Morgan fingerprint density at radius 1 is 1.26 bits per heavy atom. The van der Waals surface area contributed by atoms with Crippen molar-refractivity contribution in [2.24, 2.45) is 0 Å². The summed E-state index contributed by atoms with van der Waals surface area (Å²) in [6.45, 7) is 3.75. The van der Waals surface area contributed by atoms with Gasteiger partial charge in [-0.1, -0.05) is 30.3 Å². The number of likely N-dealkylation sites (tertiary alicyclic amines) is 1. The molecule has 0 aromatic heterocycles. The van der Waals surface area contributed by atoms with Crippen LogP contribution in [0.3, 0.4) is 0 Å². The van der Waals surface area contributed by atoms with Crippen molar-refractivity contribution in [1.82, 2.24) is 4.90 Å². The molecule has 0 aliphatic carbocycles. The minimum atomic E-state index is -1.96. The zero-order chi connectivity index (χ0) is 16.9. The molecule has 23 heavy (non-hydrogen) atoms. The number of aliphatic hydroxyl groups is 1. The molecule has 0 radical (unpaired) electrons. The average Bonchev–Trinajstić information content (AvgIpc) is 2.53. The van der Waals surface area contributed by atoms with Crippen molar-refractivity contribution in [3.05, 3.63) is 35.9 Å². The molecule has 0 bridgehead atoms. The first-order valence-corrected chi connectivity index (χ1v) is 7.85. The predicted molar refractivity (Wildman–Crippen MR) is 83.4 cm³/mol. The van der Waals surface area contributed by atoms with Crippen LogP contribution >= 0.6 is 0 Å². The monoisotopic (exact) mass is 321 g/mol. The summed E-state index contributed by atoms with van der Waals surface area (Å²) in [6, 6.07) is 9.19. The summed E-state index contributed by atoms with van der Waals surface area (Å²) in [5.74, 6) is -0.818. The number of benzene rings is 1. The lowest BCUT2D eigenvalue weighted by atomic mass is 9.99. The van der Waals surface area contributed by atoms with Crippen LogP contribution in [-0.4, -0.2) is 40.4 Å². The molecule has 6 heteroatoms. The van der Waals surface area contributed by atoms with Crippen LogP contribution in [0, 0.1) is 0 Å². The summed E-state index contributed by atoms with van der Waals surface area (Å²) in [4.78, 5) is 25.6. The van der Waals surface area contributed by atoms with E-state index in [4.69, 9.17) is 9.47 Å². The molecule has 1 N–H and O–H groups in total. The highest BCUT2D eigenvalue weighted by molar-refractivity contribution is 5.84. The first-order chi connectivity index (χ1) is 10.9. The van der Waals surface area contributed by atoms with Crippen molar-refractivity contribution in [3.8, 4) is 0 Å². The van der Waals surface area contributed by atoms with E-state index in [0.29, 0.717) is 12.8 Å². The molecule has 1 saturated heterocycles. The fourth-order valence-electron chi connectivity index (χ4n) is 2.52. The largest absolute Gasteiger partial charge is 0.457 e. The van der Waals surface area contributed by atoms with Gasteiger partial charge in [0.05, 0.1) is 6.10 Å². The Kier molecular flexibility index (Phi) is 5.60. The van der Waals surface area contributed by atoms with E-state index in [9.17, 15) is 14.7 Å². The second kappa shape index (κ2) is 7.46. The predicted octanol–water partition coefficient (Wildman–Crippen LogP) is 2.45.